The topological polar surface area (TPSA) is 81.2 Å². The van der Waals surface area contributed by atoms with Gasteiger partial charge in [-0.25, -0.2) is 17.1 Å². The van der Waals surface area contributed by atoms with Gasteiger partial charge >= 0.3 is 0 Å². The van der Waals surface area contributed by atoms with Gasteiger partial charge in [0, 0.05) is 38.3 Å². The fraction of sp³-hybridized carbons (Fsp3) is 0.500. The molecule has 2 aromatic rings. The highest BCUT2D eigenvalue weighted by Gasteiger charge is 2.24. The second kappa shape index (κ2) is 10.3. The zero-order valence-electron chi connectivity index (χ0n) is 19.0. The summed E-state index contributed by atoms with van der Waals surface area (Å²) in [6, 6.07) is 4.89. The maximum Gasteiger partial charge on any atom is 0.244 e. The van der Waals surface area contributed by atoms with Crippen LogP contribution in [0.15, 0.2) is 35.0 Å². The Morgan fingerprint density at radius 1 is 1.26 bits per heavy atom. The monoisotopic (exact) mass is 470 g/mol. The van der Waals surface area contributed by atoms with Gasteiger partial charge in [0.05, 0.1) is 17.3 Å². The van der Waals surface area contributed by atoms with Gasteiger partial charge in [-0.15, -0.1) is 0 Å². The molecule has 0 atom stereocenters. The molecule has 9 heteroatoms. The molecule has 0 saturated carbocycles. The van der Waals surface area contributed by atoms with E-state index in [1.807, 2.05) is 32.4 Å². The van der Waals surface area contributed by atoms with Gasteiger partial charge in [-0.3, -0.25) is 4.68 Å². The van der Waals surface area contributed by atoms with Crippen molar-refractivity contribution >= 4 is 21.6 Å². The van der Waals surface area contributed by atoms with E-state index < -0.39 is 10.0 Å². The summed E-state index contributed by atoms with van der Waals surface area (Å²) in [5.74, 6) is -0.0349. The molecule has 2 N–H and O–H groups in total. The molecular formula is C22H32ClFN4O2S. The van der Waals surface area contributed by atoms with E-state index in [0.717, 1.165) is 26.8 Å². The molecular weight excluding hydrogens is 439 g/mol. The molecule has 0 bridgehead atoms. The van der Waals surface area contributed by atoms with E-state index in [1.165, 1.54) is 26.2 Å². The van der Waals surface area contributed by atoms with E-state index in [2.05, 4.69) is 0 Å². The smallest absolute Gasteiger partial charge is 0.244 e. The molecule has 0 fully saturated rings. The zero-order chi connectivity index (χ0) is 23.5. The Kier molecular flexibility index (Phi) is 8.44. The number of hydrogen-bond donors (Lipinski definition) is 1. The van der Waals surface area contributed by atoms with Crippen LogP contribution in [-0.4, -0.2) is 43.1 Å². The molecule has 0 aliphatic heterocycles. The van der Waals surface area contributed by atoms with Gasteiger partial charge in [0.1, 0.15) is 10.7 Å². The normalized spacial score (nSPS) is 13.1. The van der Waals surface area contributed by atoms with Gasteiger partial charge in [0.15, 0.2) is 0 Å². The third kappa shape index (κ3) is 5.74. The molecule has 31 heavy (non-hydrogen) atoms. The van der Waals surface area contributed by atoms with Crippen molar-refractivity contribution in [2.24, 2.45) is 5.73 Å². The SMILES string of the molecule is CC(C)c1nn(Cc2ccc(S(=O)(=O)N(C)C)c(Cl)c2)c(C(C)C)c1C/C(F)=C/CN. The molecule has 0 amide bonds. The Morgan fingerprint density at radius 3 is 2.39 bits per heavy atom. The summed E-state index contributed by atoms with van der Waals surface area (Å²) in [5.41, 5.74) is 8.96. The van der Waals surface area contributed by atoms with Crippen molar-refractivity contribution < 1.29 is 12.8 Å². The van der Waals surface area contributed by atoms with Gasteiger partial charge in [-0.2, -0.15) is 5.10 Å². The number of nitrogens with two attached hydrogens (primary N) is 1. The molecule has 1 heterocycles. The zero-order valence-corrected chi connectivity index (χ0v) is 20.6. The number of aromatic nitrogens is 2. The molecule has 0 spiro atoms. The van der Waals surface area contributed by atoms with Crippen molar-refractivity contribution in [2.45, 2.75) is 57.4 Å². The van der Waals surface area contributed by atoms with Gasteiger partial charge in [-0.05, 0) is 35.6 Å². The van der Waals surface area contributed by atoms with E-state index in [1.54, 1.807) is 12.1 Å². The second-order valence-electron chi connectivity index (χ2n) is 8.33. The molecule has 0 aliphatic rings. The highest BCUT2D eigenvalue weighted by Crippen LogP contribution is 2.31. The number of rotatable bonds is 9. The minimum absolute atomic E-state index is 0.0602. The summed E-state index contributed by atoms with van der Waals surface area (Å²) in [6.45, 7) is 8.70. The first kappa shape index (κ1) is 25.5. The van der Waals surface area contributed by atoms with E-state index in [4.69, 9.17) is 22.4 Å². The average molecular weight is 471 g/mol. The predicted molar refractivity (Wildman–Crippen MR) is 124 cm³/mol. The van der Waals surface area contributed by atoms with Crippen LogP contribution in [0.25, 0.3) is 0 Å². The van der Waals surface area contributed by atoms with Crippen molar-refractivity contribution in [3.8, 4) is 0 Å². The van der Waals surface area contributed by atoms with E-state index in [0.29, 0.717) is 6.54 Å². The fourth-order valence-corrected chi connectivity index (χ4v) is 4.97. The van der Waals surface area contributed by atoms with Crippen molar-refractivity contribution in [1.82, 2.24) is 14.1 Å². The standard InChI is InChI=1S/C22H32ClFN4O2S/c1-14(2)21-18(12-17(24)9-10-25)22(15(3)4)28(26-21)13-16-7-8-20(19(23)11-16)31(29,30)27(5)6/h7-9,11,14-15H,10,12-13,25H2,1-6H3/b17-9-. The van der Waals surface area contributed by atoms with Crippen molar-refractivity contribution in [2.75, 3.05) is 20.6 Å². The Hall–Kier alpha value is -1.74. The highest BCUT2D eigenvalue weighted by molar-refractivity contribution is 7.89. The summed E-state index contributed by atoms with van der Waals surface area (Å²) in [5, 5.41) is 4.95. The lowest BCUT2D eigenvalue weighted by Gasteiger charge is -2.15. The third-order valence-electron chi connectivity index (χ3n) is 4.99. The molecule has 0 radical (unpaired) electrons. The number of nitrogens with zero attached hydrogens (tertiary/aromatic N) is 3. The van der Waals surface area contributed by atoms with Crippen LogP contribution in [0.4, 0.5) is 4.39 Å². The quantitative estimate of drug-likeness (QED) is 0.587. The summed E-state index contributed by atoms with van der Waals surface area (Å²) >= 11 is 6.31. The minimum Gasteiger partial charge on any atom is -0.327 e. The molecule has 2 rings (SSSR count). The van der Waals surface area contributed by atoms with Crippen molar-refractivity contribution in [3.05, 3.63) is 57.6 Å². The van der Waals surface area contributed by atoms with Crippen LogP contribution >= 0.6 is 11.6 Å². The van der Waals surface area contributed by atoms with Crippen LogP contribution in [0.1, 0.15) is 62.0 Å². The van der Waals surface area contributed by atoms with Crippen LogP contribution in [0.2, 0.25) is 5.02 Å². The third-order valence-corrected chi connectivity index (χ3v) is 7.29. The van der Waals surface area contributed by atoms with Crippen LogP contribution in [-0.2, 0) is 23.0 Å². The Bertz CT molecular complexity index is 1060. The first-order valence-electron chi connectivity index (χ1n) is 10.2. The minimum atomic E-state index is -3.63. The van der Waals surface area contributed by atoms with Crippen LogP contribution < -0.4 is 5.73 Å². The van der Waals surface area contributed by atoms with Gasteiger partial charge in [-0.1, -0.05) is 45.4 Å². The molecule has 0 unspecified atom stereocenters. The van der Waals surface area contributed by atoms with Crippen LogP contribution in [0, 0.1) is 0 Å². The number of hydrogen-bond acceptors (Lipinski definition) is 4. The Labute approximate surface area is 189 Å². The summed E-state index contributed by atoms with van der Waals surface area (Å²) in [7, 11) is -0.703. The number of benzene rings is 1. The maximum atomic E-state index is 14.4. The summed E-state index contributed by atoms with van der Waals surface area (Å²) in [6.07, 6.45) is 1.54. The molecule has 6 nitrogen and oxygen atoms in total. The lowest BCUT2D eigenvalue weighted by molar-refractivity contribution is 0.520. The Balaban J connectivity index is 2.52. The Morgan fingerprint density at radius 2 is 1.90 bits per heavy atom. The predicted octanol–water partition coefficient (Wildman–Crippen LogP) is 4.44. The fourth-order valence-electron chi connectivity index (χ4n) is 3.53. The van der Waals surface area contributed by atoms with E-state index >= 15 is 0 Å². The first-order chi connectivity index (χ1) is 14.4. The molecule has 1 aromatic carbocycles. The lowest BCUT2D eigenvalue weighted by Crippen LogP contribution is -2.22. The van der Waals surface area contributed by atoms with Crippen molar-refractivity contribution in [3.63, 3.8) is 0 Å². The van der Waals surface area contributed by atoms with Crippen LogP contribution in [0.5, 0.6) is 0 Å². The number of sulfonamides is 1. The van der Waals surface area contributed by atoms with Crippen LogP contribution in [0.3, 0.4) is 0 Å². The number of allylic oxidation sites excluding steroid dienone is 1. The summed E-state index contributed by atoms with van der Waals surface area (Å²) < 4.78 is 42.2. The number of halogens is 2. The first-order valence-corrected chi connectivity index (χ1v) is 12.1. The molecule has 0 aliphatic carbocycles. The van der Waals surface area contributed by atoms with E-state index in [-0.39, 0.29) is 40.5 Å². The maximum absolute atomic E-state index is 14.4. The summed E-state index contributed by atoms with van der Waals surface area (Å²) in [4.78, 5) is 0.0602. The molecule has 0 saturated heterocycles. The molecule has 172 valence electrons. The molecule has 1 aromatic heterocycles. The van der Waals surface area contributed by atoms with Gasteiger partial charge in [0.2, 0.25) is 10.0 Å². The van der Waals surface area contributed by atoms with Gasteiger partial charge < -0.3 is 5.73 Å². The largest absolute Gasteiger partial charge is 0.327 e. The van der Waals surface area contributed by atoms with E-state index in [9.17, 15) is 12.8 Å². The highest BCUT2D eigenvalue weighted by atomic mass is 35.5. The lowest BCUT2D eigenvalue weighted by atomic mass is 9.96. The van der Waals surface area contributed by atoms with Gasteiger partial charge in [0.25, 0.3) is 0 Å². The second-order valence-corrected chi connectivity index (χ2v) is 10.9. The van der Waals surface area contributed by atoms with Crippen molar-refractivity contribution in [1.29, 1.82) is 0 Å². The average Bonchev–Trinajstić information content (AvgIpc) is 2.99.